The topological polar surface area (TPSA) is 64.3 Å². The molecule has 1 fully saturated rings. The monoisotopic (exact) mass is 448 g/mol. The van der Waals surface area contributed by atoms with Crippen LogP contribution in [0.25, 0.3) is 22.5 Å². The van der Waals surface area contributed by atoms with Crippen LogP contribution in [0.3, 0.4) is 0 Å². The number of cyclic esters (lactones) is 1. The minimum Gasteiger partial charge on any atom is -0.458 e. The zero-order valence-corrected chi connectivity index (χ0v) is 19.2. The van der Waals surface area contributed by atoms with Gasteiger partial charge in [-0.2, -0.15) is 0 Å². The molecular formula is C27H29FN2O3. The summed E-state index contributed by atoms with van der Waals surface area (Å²) in [5.74, 6) is 0.396. The van der Waals surface area contributed by atoms with Crippen LogP contribution < -0.4 is 0 Å². The Kier molecular flexibility index (Phi) is 6.75. The van der Waals surface area contributed by atoms with Crippen molar-refractivity contribution in [1.82, 2.24) is 9.55 Å². The summed E-state index contributed by atoms with van der Waals surface area (Å²) in [6, 6.07) is 14.7. The molecule has 2 aromatic carbocycles. The molecule has 5 nitrogen and oxygen atoms in total. The van der Waals surface area contributed by atoms with Crippen LogP contribution in [-0.2, 0) is 16.1 Å². The average molecular weight is 449 g/mol. The number of allylic oxidation sites excluding steroid dienone is 1. The number of hydrogen-bond donors (Lipinski definition) is 1. The summed E-state index contributed by atoms with van der Waals surface area (Å²) in [5, 5.41) is 9.87. The Morgan fingerprint density at radius 2 is 1.82 bits per heavy atom. The van der Waals surface area contributed by atoms with Crippen molar-refractivity contribution in [3.63, 3.8) is 0 Å². The summed E-state index contributed by atoms with van der Waals surface area (Å²) < 4.78 is 21.1. The number of aryl methyl sites for hydroxylation is 1. The molecule has 6 heteroatoms. The molecule has 0 bridgehead atoms. The molecule has 1 N–H and O–H groups in total. The van der Waals surface area contributed by atoms with Gasteiger partial charge >= 0.3 is 5.97 Å². The second-order valence-corrected chi connectivity index (χ2v) is 8.86. The second-order valence-electron chi connectivity index (χ2n) is 8.86. The van der Waals surface area contributed by atoms with Crippen molar-refractivity contribution in [2.45, 2.75) is 58.3 Å². The maximum atomic E-state index is 13.7. The van der Waals surface area contributed by atoms with E-state index in [1.807, 2.05) is 19.1 Å². The Morgan fingerprint density at radius 1 is 1.15 bits per heavy atom. The number of halogens is 1. The number of carbonyl (C=O) groups is 1. The van der Waals surface area contributed by atoms with Gasteiger partial charge in [-0.3, -0.25) is 4.79 Å². The van der Waals surface area contributed by atoms with Crippen LogP contribution >= 0.6 is 0 Å². The number of carbonyl (C=O) groups excluding carboxylic acids is 1. The van der Waals surface area contributed by atoms with E-state index in [2.05, 4.69) is 42.7 Å². The highest BCUT2D eigenvalue weighted by Crippen LogP contribution is 2.35. The molecular weight excluding hydrogens is 419 g/mol. The minimum atomic E-state index is -0.678. The molecule has 1 aromatic heterocycles. The van der Waals surface area contributed by atoms with Crippen LogP contribution in [0.5, 0.6) is 0 Å². The van der Waals surface area contributed by atoms with Gasteiger partial charge in [0.25, 0.3) is 0 Å². The van der Waals surface area contributed by atoms with Crippen molar-refractivity contribution < 1.29 is 19.0 Å². The number of nitrogens with zero attached hydrogens (tertiary/aromatic N) is 2. The molecule has 2 atom stereocenters. The third-order valence-electron chi connectivity index (χ3n) is 5.78. The van der Waals surface area contributed by atoms with Gasteiger partial charge in [-0.1, -0.05) is 49.8 Å². The molecule has 0 radical (unpaired) electrons. The van der Waals surface area contributed by atoms with Gasteiger partial charge < -0.3 is 14.4 Å². The van der Waals surface area contributed by atoms with Crippen molar-refractivity contribution in [3.8, 4) is 22.5 Å². The lowest BCUT2D eigenvalue weighted by molar-refractivity contribution is -0.156. The molecule has 0 amide bonds. The zero-order chi connectivity index (χ0) is 23.5. The summed E-state index contributed by atoms with van der Waals surface area (Å²) >= 11 is 0. The molecule has 1 aliphatic heterocycles. The van der Waals surface area contributed by atoms with Crippen LogP contribution in [0.15, 0.2) is 60.7 Å². The van der Waals surface area contributed by atoms with E-state index < -0.39 is 12.2 Å². The van der Waals surface area contributed by atoms with Gasteiger partial charge in [-0.05, 0) is 37.3 Å². The SMILES string of the molecule is Cc1ccc(-c2nc(C(C)C)n(CC=CC3CC(O)CC(=O)O3)c2-c2ccc(F)cc2)cc1. The highest BCUT2D eigenvalue weighted by atomic mass is 19.1. The van der Waals surface area contributed by atoms with E-state index in [0.717, 1.165) is 33.9 Å². The largest absolute Gasteiger partial charge is 0.458 e. The van der Waals surface area contributed by atoms with Gasteiger partial charge in [-0.25, -0.2) is 9.37 Å². The van der Waals surface area contributed by atoms with Gasteiger partial charge in [0, 0.05) is 30.0 Å². The second kappa shape index (κ2) is 9.71. The fourth-order valence-corrected chi connectivity index (χ4v) is 4.15. The quantitative estimate of drug-likeness (QED) is 0.405. The molecule has 1 saturated heterocycles. The summed E-state index contributed by atoms with van der Waals surface area (Å²) in [6.07, 6.45) is 3.07. The average Bonchev–Trinajstić information content (AvgIpc) is 3.14. The van der Waals surface area contributed by atoms with E-state index >= 15 is 0 Å². The molecule has 172 valence electrons. The number of ether oxygens (including phenoxy) is 1. The van der Waals surface area contributed by atoms with Gasteiger partial charge in [-0.15, -0.1) is 0 Å². The first-order chi connectivity index (χ1) is 15.8. The predicted octanol–water partition coefficient (Wildman–Crippen LogP) is 5.41. The fourth-order valence-electron chi connectivity index (χ4n) is 4.15. The summed E-state index contributed by atoms with van der Waals surface area (Å²) in [6.45, 7) is 6.73. The summed E-state index contributed by atoms with van der Waals surface area (Å²) in [7, 11) is 0. The van der Waals surface area contributed by atoms with E-state index in [1.165, 1.54) is 12.1 Å². The first-order valence-electron chi connectivity index (χ1n) is 11.3. The lowest BCUT2D eigenvalue weighted by atomic mass is 10.0. The standard InChI is InChI=1S/C27H29FN2O3/c1-17(2)27-29-25(19-8-6-18(3)7-9-19)26(20-10-12-21(28)13-11-20)30(27)14-4-5-23-15-22(31)16-24(32)33-23/h4-13,17,22-23,31H,14-16H2,1-3H3. The van der Waals surface area contributed by atoms with Crippen molar-refractivity contribution in [3.05, 3.63) is 77.9 Å². The minimum absolute atomic E-state index is 0.0397. The lowest BCUT2D eigenvalue weighted by Gasteiger charge is -2.23. The number of hydrogen-bond acceptors (Lipinski definition) is 4. The molecule has 2 unspecified atom stereocenters. The van der Waals surface area contributed by atoms with Gasteiger partial charge in [0.1, 0.15) is 17.7 Å². The van der Waals surface area contributed by atoms with E-state index in [-0.39, 0.29) is 24.1 Å². The van der Waals surface area contributed by atoms with E-state index in [1.54, 1.807) is 12.1 Å². The number of aromatic nitrogens is 2. The Balaban J connectivity index is 1.77. The molecule has 0 aliphatic carbocycles. The predicted molar refractivity (Wildman–Crippen MR) is 126 cm³/mol. The Labute approximate surface area is 193 Å². The molecule has 0 spiro atoms. The van der Waals surface area contributed by atoms with Gasteiger partial charge in [0.15, 0.2) is 0 Å². The molecule has 0 saturated carbocycles. The third kappa shape index (κ3) is 5.22. The Hall–Kier alpha value is -3.25. The molecule has 4 rings (SSSR count). The first-order valence-corrected chi connectivity index (χ1v) is 11.3. The van der Waals surface area contributed by atoms with E-state index in [0.29, 0.717) is 13.0 Å². The van der Waals surface area contributed by atoms with E-state index in [4.69, 9.17) is 9.72 Å². The Morgan fingerprint density at radius 3 is 2.45 bits per heavy atom. The number of benzene rings is 2. The van der Waals surface area contributed by atoms with Crippen molar-refractivity contribution in [2.24, 2.45) is 0 Å². The van der Waals surface area contributed by atoms with Crippen LogP contribution in [0.1, 0.15) is 44.0 Å². The third-order valence-corrected chi connectivity index (χ3v) is 5.78. The smallest absolute Gasteiger partial charge is 0.309 e. The van der Waals surface area contributed by atoms with Crippen LogP contribution in [0.2, 0.25) is 0 Å². The fraction of sp³-hybridized carbons (Fsp3) is 0.333. The van der Waals surface area contributed by atoms with Gasteiger partial charge in [0.2, 0.25) is 0 Å². The van der Waals surface area contributed by atoms with Crippen LogP contribution in [0, 0.1) is 12.7 Å². The highest BCUT2D eigenvalue weighted by molar-refractivity contribution is 5.79. The maximum absolute atomic E-state index is 13.7. The number of aliphatic hydroxyl groups is 1. The number of esters is 1. The summed E-state index contributed by atoms with van der Waals surface area (Å²) in [4.78, 5) is 16.7. The summed E-state index contributed by atoms with van der Waals surface area (Å²) in [5.41, 5.74) is 4.79. The number of imidazole rings is 1. The van der Waals surface area contributed by atoms with Crippen molar-refractivity contribution >= 4 is 5.97 Å². The lowest BCUT2D eigenvalue weighted by Crippen LogP contribution is -2.31. The van der Waals surface area contributed by atoms with Crippen LogP contribution in [-0.4, -0.2) is 32.8 Å². The van der Waals surface area contributed by atoms with Crippen molar-refractivity contribution in [1.29, 1.82) is 0 Å². The normalized spacial score (nSPS) is 18.8. The maximum Gasteiger partial charge on any atom is 0.309 e. The highest BCUT2D eigenvalue weighted by Gasteiger charge is 2.25. The van der Waals surface area contributed by atoms with Gasteiger partial charge in [0.05, 0.1) is 23.9 Å². The first kappa shape index (κ1) is 22.9. The molecule has 33 heavy (non-hydrogen) atoms. The Bertz CT molecular complexity index is 1150. The molecule has 3 aromatic rings. The number of aliphatic hydroxyl groups excluding tert-OH is 1. The number of rotatable bonds is 6. The zero-order valence-electron chi connectivity index (χ0n) is 19.2. The molecule has 2 heterocycles. The van der Waals surface area contributed by atoms with E-state index in [9.17, 15) is 14.3 Å². The molecule has 1 aliphatic rings. The van der Waals surface area contributed by atoms with Crippen molar-refractivity contribution in [2.75, 3.05) is 0 Å². The van der Waals surface area contributed by atoms with Crippen LogP contribution in [0.4, 0.5) is 4.39 Å².